The number of aromatic nitrogens is 1. The number of carbonyl (C=O) groups excluding carboxylic acids is 1. The Hall–Kier alpha value is -3.19. The van der Waals surface area contributed by atoms with Gasteiger partial charge in [-0.1, -0.05) is 24.3 Å². The van der Waals surface area contributed by atoms with Gasteiger partial charge in [0.1, 0.15) is 5.75 Å². The molecule has 3 aromatic rings. The highest BCUT2D eigenvalue weighted by Crippen LogP contribution is 2.38. The molecule has 7 heteroatoms. The van der Waals surface area contributed by atoms with E-state index in [9.17, 15) is 9.90 Å². The maximum atomic E-state index is 12.1. The zero-order chi connectivity index (χ0) is 20.8. The number of hydrogen-bond donors (Lipinski definition) is 1. The second-order valence-electron chi connectivity index (χ2n) is 6.74. The number of ether oxygens (including phenoxy) is 2. The predicted octanol–water partition coefficient (Wildman–Crippen LogP) is 4.69. The number of nitrogens with zero attached hydrogens (tertiary/aromatic N) is 3. The van der Waals surface area contributed by atoms with Gasteiger partial charge >= 0.3 is 5.91 Å². The topological polar surface area (TPSA) is 85.4 Å². The van der Waals surface area contributed by atoms with Gasteiger partial charge in [0.15, 0.2) is 12.3 Å². The smallest absolute Gasteiger partial charge is 0.302 e. The maximum absolute atomic E-state index is 12.1. The fourth-order valence-corrected chi connectivity index (χ4v) is 3.19. The van der Waals surface area contributed by atoms with Gasteiger partial charge in [0.25, 0.3) is 0 Å². The first-order valence-corrected chi connectivity index (χ1v) is 9.53. The number of carbonyl (C=O) groups is 1. The van der Waals surface area contributed by atoms with Crippen molar-refractivity contribution in [3.8, 4) is 11.6 Å². The number of hydrogen-bond acceptors (Lipinski definition) is 5. The summed E-state index contributed by atoms with van der Waals surface area (Å²) in [6.07, 6.45) is 0. The fourth-order valence-electron chi connectivity index (χ4n) is 3.19. The van der Waals surface area contributed by atoms with Crippen molar-refractivity contribution in [2.45, 2.75) is 27.3 Å². The third-order valence-electron chi connectivity index (χ3n) is 4.40. The lowest BCUT2D eigenvalue weighted by molar-refractivity contribution is -0.120. The van der Waals surface area contributed by atoms with Crippen molar-refractivity contribution in [1.82, 2.24) is 4.57 Å². The van der Waals surface area contributed by atoms with Crippen LogP contribution in [0.15, 0.2) is 52.7 Å². The summed E-state index contributed by atoms with van der Waals surface area (Å²) in [5, 5.41) is 19.1. The molecule has 2 aromatic carbocycles. The highest BCUT2D eigenvalue weighted by Gasteiger charge is 2.16. The van der Waals surface area contributed by atoms with E-state index >= 15 is 0 Å². The van der Waals surface area contributed by atoms with Crippen molar-refractivity contribution in [2.75, 3.05) is 19.8 Å². The SMILES string of the molecule is CCOCCn1c(O)c(N=NC(=O)COc2cc(C)cc(C)c2)c2ccccc21. The van der Waals surface area contributed by atoms with E-state index in [0.29, 0.717) is 30.9 Å². The number of fused-ring (bicyclic) bond motifs is 1. The predicted molar refractivity (Wildman–Crippen MR) is 111 cm³/mol. The van der Waals surface area contributed by atoms with Crippen molar-refractivity contribution in [3.63, 3.8) is 0 Å². The van der Waals surface area contributed by atoms with Gasteiger partial charge in [-0.2, -0.15) is 0 Å². The lowest BCUT2D eigenvalue weighted by Crippen LogP contribution is -2.08. The summed E-state index contributed by atoms with van der Waals surface area (Å²) >= 11 is 0. The molecule has 1 amide bonds. The van der Waals surface area contributed by atoms with Gasteiger partial charge in [-0.05, 0) is 50.1 Å². The lowest BCUT2D eigenvalue weighted by Gasteiger charge is -2.06. The fraction of sp³-hybridized carbons (Fsp3) is 0.318. The summed E-state index contributed by atoms with van der Waals surface area (Å²) in [6, 6.07) is 13.2. The van der Waals surface area contributed by atoms with Crippen LogP contribution in [0.25, 0.3) is 10.9 Å². The molecule has 0 bridgehead atoms. The second kappa shape index (κ2) is 9.34. The minimum Gasteiger partial charge on any atom is -0.493 e. The molecule has 1 N–H and O–H groups in total. The van der Waals surface area contributed by atoms with E-state index in [4.69, 9.17) is 9.47 Å². The first kappa shape index (κ1) is 20.5. The molecule has 1 aromatic heterocycles. The van der Waals surface area contributed by atoms with Crippen molar-refractivity contribution in [3.05, 3.63) is 53.6 Å². The second-order valence-corrected chi connectivity index (χ2v) is 6.74. The van der Waals surface area contributed by atoms with E-state index in [1.807, 2.05) is 63.2 Å². The van der Waals surface area contributed by atoms with Crippen LogP contribution in [0.4, 0.5) is 5.69 Å². The van der Waals surface area contributed by atoms with Crippen LogP contribution in [-0.4, -0.2) is 35.4 Å². The summed E-state index contributed by atoms with van der Waals surface area (Å²) in [6.45, 7) is 7.15. The van der Waals surface area contributed by atoms with Gasteiger partial charge in [-0.15, -0.1) is 10.2 Å². The number of aryl methyl sites for hydroxylation is 2. The molecule has 0 fully saturated rings. The molecule has 0 saturated carbocycles. The molecule has 7 nitrogen and oxygen atoms in total. The average Bonchev–Trinajstić information content (AvgIpc) is 2.95. The van der Waals surface area contributed by atoms with Crippen molar-refractivity contribution in [1.29, 1.82) is 0 Å². The van der Waals surface area contributed by atoms with E-state index in [1.165, 1.54) is 0 Å². The summed E-state index contributed by atoms with van der Waals surface area (Å²) in [4.78, 5) is 12.1. The Morgan fingerprint density at radius 3 is 2.59 bits per heavy atom. The van der Waals surface area contributed by atoms with Gasteiger partial charge in [0.05, 0.1) is 12.1 Å². The Morgan fingerprint density at radius 1 is 1.14 bits per heavy atom. The van der Waals surface area contributed by atoms with Gasteiger partial charge in [0, 0.05) is 18.5 Å². The normalized spacial score (nSPS) is 11.4. The minimum atomic E-state index is -0.533. The van der Waals surface area contributed by atoms with Gasteiger partial charge in [-0.3, -0.25) is 4.79 Å². The number of rotatable bonds is 8. The molecule has 0 aliphatic heterocycles. The molecule has 0 radical (unpaired) electrons. The zero-order valence-electron chi connectivity index (χ0n) is 16.9. The molecule has 0 aliphatic rings. The molecule has 3 rings (SSSR count). The van der Waals surface area contributed by atoms with E-state index in [0.717, 1.165) is 16.6 Å². The Balaban J connectivity index is 1.75. The van der Waals surface area contributed by atoms with Crippen LogP contribution >= 0.6 is 0 Å². The van der Waals surface area contributed by atoms with Crippen LogP contribution in [0.5, 0.6) is 11.6 Å². The number of amides is 1. The van der Waals surface area contributed by atoms with Crippen molar-refractivity contribution in [2.24, 2.45) is 10.2 Å². The highest BCUT2D eigenvalue weighted by atomic mass is 16.5. The van der Waals surface area contributed by atoms with Crippen LogP contribution in [0, 0.1) is 13.8 Å². The zero-order valence-corrected chi connectivity index (χ0v) is 16.9. The number of benzene rings is 2. The molecule has 0 atom stereocenters. The van der Waals surface area contributed by atoms with Gasteiger partial charge in [0.2, 0.25) is 5.88 Å². The van der Waals surface area contributed by atoms with Gasteiger partial charge in [-0.25, -0.2) is 0 Å². The maximum Gasteiger partial charge on any atom is 0.302 e. The highest BCUT2D eigenvalue weighted by molar-refractivity contribution is 5.95. The Bertz CT molecular complexity index is 1020. The molecule has 0 saturated heterocycles. The molecular formula is C22H25N3O4. The molecule has 0 aliphatic carbocycles. The van der Waals surface area contributed by atoms with Crippen molar-refractivity contribution >= 4 is 22.5 Å². The number of para-hydroxylation sites is 1. The third-order valence-corrected chi connectivity index (χ3v) is 4.40. The summed E-state index contributed by atoms with van der Waals surface area (Å²) in [5.74, 6) is 0.0359. The van der Waals surface area contributed by atoms with Crippen LogP contribution in [0.2, 0.25) is 0 Å². The van der Waals surface area contributed by atoms with E-state index in [2.05, 4.69) is 10.2 Å². The number of aromatic hydroxyl groups is 1. The molecule has 152 valence electrons. The Kier molecular flexibility index (Phi) is 6.61. The Labute approximate surface area is 169 Å². The van der Waals surface area contributed by atoms with E-state index in [1.54, 1.807) is 4.57 Å². The summed E-state index contributed by atoms with van der Waals surface area (Å²) in [5.41, 5.74) is 3.17. The molecular weight excluding hydrogens is 370 g/mol. The third kappa shape index (κ3) is 5.00. The molecule has 0 spiro atoms. The van der Waals surface area contributed by atoms with Crippen molar-refractivity contribution < 1.29 is 19.4 Å². The molecule has 0 unspecified atom stereocenters. The molecule has 29 heavy (non-hydrogen) atoms. The summed E-state index contributed by atoms with van der Waals surface area (Å²) in [7, 11) is 0. The first-order valence-electron chi connectivity index (χ1n) is 9.53. The van der Waals surface area contributed by atoms with Crippen LogP contribution in [0.1, 0.15) is 18.1 Å². The standard InChI is InChI=1S/C22H25N3O4/c1-4-28-10-9-25-19-8-6-5-7-18(19)21(22(25)27)24-23-20(26)14-29-17-12-15(2)11-16(3)13-17/h5-8,11-13,27H,4,9-10,14H2,1-3H3. The minimum absolute atomic E-state index is 0.0438. The monoisotopic (exact) mass is 395 g/mol. The largest absolute Gasteiger partial charge is 0.493 e. The quantitative estimate of drug-likeness (QED) is 0.443. The van der Waals surface area contributed by atoms with Crippen LogP contribution in [-0.2, 0) is 16.1 Å². The lowest BCUT2D eigenvalue weighted by atomic mass is 10.1. The number of azo groups is 1. The van der Waals surface area contributed by atoms with Crippen LogP contribution in [0.3, 0.4) is 0 Å². The summed E-state index contributed by atoms with van der Waals surface area (Å²) < 4.78 is 12.6. The molecule has 1 heterocycles. The van der Waals surface area contributed by atoms with Crippen LogP contribution < -0.4 is 4.74 Å². The Morgan fingerprint density at radius 2 is 1.86 bits per heavy atom. The van der Waals surface area contributed by atoms with Gasteiger partial charge < -0.3 is 19.1 Å². The first-order chi connectivity index (χ1) is 14.0. The average molecular weight is 395 g/mol. The van der Waals surface area contributed by atoms with E-state index in [-0.39, 0.29) is 18.2 Å². The van der Waals surface area contributed by atoms with E-state index < -0.39 is 5.91 Å².